The summed E-state index contributed by atoms with van der Waals surface area (Å²) in [6.07, 6.45) is 3.59. The van der Waals surface area contributed by atoms with Crippen LogP contribution in [0, 0.1) is 0 Å². The van der Waals surface area contributed by atoms with Crippen molar-refractivity contribution in [2.45, 2.75) is 0 Å². The molecule has 130 valence electrons. The van der Waals surface area contributed by atoms with Crippen molar-refractivity contribution in [1.82, 2.24) is 9.97 Å². The van der Waals surface area contributed by atoms with E-state index in [0.29, 0.717) is 28.6 Å². The van der Waals surface area contributed by atoms with Crippen molar-refractivity contribution in [3.63, 3.8) is 0 Å². The first-order chi connectivity index (χ1) is 12.7. The highest BCUT2D eigenvalue weighted by atomic mass is 16.5. The average molecular weight is 347 g/mol. The van der Waals surface area contributed by atoms with E-state index in [1.165, 1.54) is 0 Å². The number of hydrogen-bond donors (Lipinski definition) is 2. The number of ether oxygens (including phenoxy) is 2. The maximum absolute atomic E-state index is 10.3. The highest BCUT2D eigenvalue weighted by Gasteiger charge is 2.19. The SMILES string of the molecule is COc1cccc(OC)c1-c1nc(O)c(/C=C2\C=Nc3ccccc32)[nH]1. The summed E-state index contributed by atoms with van der Waals surface area (Å²) in [4.78, 5) is 11.8. The molecule has 1 aromatic heterocycles. The molecule has 0 fully saturated rings. The molecular weight excluding hydrogens is 330 g/mol. The lowest BCUT2D eigenvalue weighted by molar-refractivity contribution is 0.397. The van der Waals surface area contributed by atoms with E-state index < -0.39 is 0 Å². The van der Waals surface area contributed by atoms with Gasteiger partial charge >= 0.3 is 0 Å². The number of benzene rings is 2. The molecule has 4 rings (SSSR count). The summed E-state index contributed by atoms with van der Waals surface area (Å²) >= 11 is 0. The molecule has 0 bridgehead atoms. The molecule has 0 atom stereocenters. The fourth-order valence-electron chi connectivity index (χ4n) is 2.99. The summed E-state index contributed by atoms with van der Waals surface area (Å²) in [5.74, 6) is 1.57. The van der Waals surface area contributed by atoms with Crippen molar-refractivity contribution in [3.8, 4) is 28.8 Å². The molecule has 0 aliphatic carbocycles. The largest absolute Gasteiger partial charge is 0.496 e. The quantitative estimate of drug-likeness (QED) is 0.746. The second-order valence-electron chi connectivity index (χ2n) is 5.74. The van der Waals surface area contributed by atoms with Crippen LogP contribution < -0.4 is 9.47 Å². The van der Waals surface area contributed by atoms with Crippen molar-refractivity contribution < 1.29 is 14.6 Å². The fourth-order valence-corrected chi connectivity index (χ4v) is 2.99. The summed E-state index contributed by atoms with van der Waals surface area (Å²) in [5, 5.41) is 10.3. The minimum Gasteiger partial charge on any atom is -0.496 e. The summed E-state index contributed by atoms with van der Waals surface area (Å²) in [6.45, 7) is 0. The summed E-state index contributed by atoms with van der Waals surface area (Å²) in [7, 11) is 3.16. The first-order valence-electron chi connectivity index (χ1n) is 8.06. The van der Waals surface area contributed by atoms with Gasteiger partial charge in [0.25, 0.3) is 0 Å². The Morgan fingerprint density at radius 3 is 2.46 bits per heavy atom. The van der Waals surface area contributed by atoms with Crippen LogP contribution in [0.5, 0.6) is 17.4 Å². The van der Waals surface area contributed by atoms with E-state index in [1.807, 2.05) is 48.5 Å². The van der Waals surface area contributed by atoms with Gasteiger partial charge in [-0.2, -0.15) is 4.98 Å². The van der Waals surface area contributed by atoms with E-state index >= 15 is 0 Å². The van der Waals surface area contributed by atoms with Gasteiger partial charge in [0.15, 0.2) is 0 Å². The first kappa shape index (κ1) is 16.0. The molecule has 0 saturated carbocycles. The van der Waals surface area contributed by atoms with Gasteiger partial charge in [0.05, 0.1) is 19.9 Å². The number of methoxy groups -OCH3 is 2. The average Bonchev–Trinajstić information content (AvgIpc) is 3.25. The van der Waals surface area contributed by atoms with Crippen molar-refractivity contribution in [2.24, 2.45) is 4.99 Å². The third-order valence-corrected chi connectivity index (χ3v) is 4.23. The van der Waals surface area contributed by atoms with Gasteiger partial charge in [0.2, 0.25) is 5.88 Å². The number of nitrogens with one attached hydrogen (secondary N) is 1. The summed E-state index contributed by atoms with van der Waals surface area (Å²) in [5.41, 5.74) is 3.96. The molecule has 0 saturated heterocycles. The molecule has 3 aromatic rings. The molecule has 0 radical (unpaired) electrons. The van der Waals surface area contributed by atoms with Crippen LogP contribution in [0.15, 0.2) is 47.5 Å². The lowest BCUT2D eigenvalue weighted by Gasteiger charge is -2.10. The number of rotatable bonds is 4. The van der Waals surface area contributed by atoms with E-state index in [2.05, 4.69) is 15.0 Å². The van der Waals surface area contributed by atoms with Crippen LogP contribution >= 0.6 is 0 Å². The number of nitrogens with zero attached hydrogens (tertiary/aromatic N) is 2. The van der Waals surface area contributed by atoms with Gasteiger partial charge in [-0.1, -0.05) is 24.3 Å². The molecule has 0 amide bonds. The molecule has 6 nitrogen and oxygen atoms in total. The Morgan fingerprint density at radius 2 is 1.73 bits per heavy atom. The van der Waals surface area contributed by atoms with Crippen LogP contribution in [-0.2, 0) is 0 Å². The number of hydrogen-bond acceptors (Lipinski definition) is 5. The maximum Gasteiger partial charge on any atom is 0.237 e. The zero-order chi connectivity index (χ0) is 18.1. The third kappa shape index (κ3) is 2.61. The van der Waals surface area contributed by atoms with E-state index in [4.69, 9.17) is 9.47 Å². The van der Waals surface area contributed by atoms with Crippen molar-refractivity contribution in [1.29, 1.82) is 0 Å². The van der Waals surface area contributed by atoms with Crippen LogP contribution in [0.4, 0.5) is 5.69 Å². The number of para-hydroxylation sites is 1. The molecule has 0 unspecified atom stereocenters. The molecule has 6 heteroatoms. The van der Waals surface area contributed by atoms with Crippen LogP contribution in [-0.4, -0.2) is 35.5 Å². The Labute approximate surface area is 150 Å². The standard InChI is InChI=1S/C20H17N3O3/c1-25-16-8-5-9-17(26-2)18(16)19-22-15(20(24)23-19)10-12-11-21-14-7-4-3-6-13(12)14/h3-11,24H,1-2H3,(H,22,23)/b12-10+. The fraction of sp³-hybridized carbons (Fsp3) is 0.100. The van der Waals surface area contributed by atoms with Crippen molar-refractivity contribution in [2.75, 3.05) is 14.2 Å². The van der Waals surface area contributed by atoms with E-state index in [9.17, 15) is 5.11 Å². The second-order valence-corrected chi connectivity index (χ2v) is 5.74. The number of fused-ring (bicyclic) bond motifs is 1. The van der Waals surface area contributed by atoms with Crippen LogP contribution in [0.3, 0.4) is 0 Å². The number of H-pyrrole nitrogens is 1. The normalized spacial score (nSPS) is 13.8. The molecule has 0 spiro atoms. The Bertz CT molecular complexity index is 1010. The summed E-state index contributed by atoms with van der Waals surface area (Å²) in [6, 6.07) is 13.3. The van der Waals surface area contributed by atoms with E-state index in [1.54, 1.807) is 20.4 Å². The van der Waals surface area contributed by atoms with Gasteiger partial charge in [-0.15, -0.1) is 0 Å². The predicted molar refractivity (Wildman–Crippen MR) is 101 cm³/mol. The molecule has 2 heterocycles. The second kappa shape index (κ2) is 6.40. The van der Waals surface area contributed by atoms with Gasteiger partial charge in [0, 0.05) is 17.4 Å². The molecule has 26 heavy (non-hydrogen) atoms. The van der Waals surface area contributed by atoms with E-state index in [0.717, 1.165) is 16.8 Å². The van der Waals surface area contributed by atoms with Crippen LogP contribution in [0.2, 0.25) is 0 Å². The number of imidazole rings is 1. The number of aromatic amines is 1. The number of aromatic nitrogens is 2. The van der Waals surface area contributed by atoms with Gasteiger partial charge in [-0.25, -0.2) is 0 Å². The lowest BCUT2D eigenvalue weighted by atomic mass is 10.1. The molecular formula is C20H17N3O3. The Balaban J connectivity index is 1.79. The number of aliphatic imine (C=N–C) groups is 1. The van der Waals surface area contributed by atoms with Gasteiger partial charge < -0.3 is 19.6 Å². The van der Waals surface area contributed by atoms with E-state index in [-0.39, 0.29) is 5.88 Å². The van der Waals surface area contributed by atoms with Crippen molar-refractivity contribution in [3.05, 3.63) is 53.7 Å². The van der Waals surface area contributed by atoms with Crippen LogP contribution in [0.1, 0.15) is 11.3 Å². The summed E-state index contributed by atoms with van der Waals surface area (Å²) < 4.78 is 10.8. The minimum atomic E-state index is -0.0989. The van der Waals surface area contributed by atoms with Gasteiger partial charge in [-0.05, 0) is 24.3 Å². The maximum atomic E-state index is 10.3. The zero-order valence-corrected chi connectivity index (χ0v) is 14.4. The minimum absolute atomic E-state index is 0.0989. The zero-order valence-electron chi connectivity index (χ0n) is 14.4. The Kier molecular flexibility index (Phi) is 3.93. The smallest absolute Gasteiger partial charge is 0.237 e. The number of allylic oxidation sites excluding steroid dienone is 1. The molecule has 1 aliphatic rings. The molecule has 2 aromatic carbocycles. The highest BCUT2D eigenvalue weighted by molar-refractivity contribution is 6.21. The third-order valence-electron chi connectivity index (χ3n) is 4.23. The molecule has 2 N–H and O–H groups in total. The predicted octanol–water partition coefficient (Wildman–Crippen LogP) is 4.06. The Morgan fingerprint density at radius 1 is 1.00 bits per heavy atom. The van der Waals surface area contributed by atoms with Gasteiger partial charge in [0.1, 0.15) is 28.6 Å². The number of aromatic hydroxyl groups is 1. The topological polar surface area (TPSA) is 79.7 Å². The van der Waals surface area contributed by atoms with Gasteiger partial charge in [-0.3, -0.25) is 4.99 Å². The first-order valence-corrected chi connectivity index (χ1v) is 8.06. The molecule has 1 aliphatic heterocycles. The monoisotopic (exact) mass is 347 g/mol. The Hall–Kier alpha value is -3.54. The van der Waals surface area contributed by atoms with Crippen molar-refractivity contribution >= 4 is 23.6 Å². The van der Waals surface area contributed by atoms with Crippen LogP contribution in [0.25, 0.3) is 23.0 Å². The lowest BCUT2D eigenvalue weighted by Crippen LogP contribution is -1.94. The highest BCUT2D eigenvalue weighted by Crippen LogP contribution is 2.39.